The molecule has 1 saturated heterocycles. The molecular weight excluding hydrogens is 268 g/mol. The minimum atomic E-state index is -0.400. The molecule has 1 aliphatic rings. The van der Waals surface area contributed by atoms with Gasteiger partial charge in [0.25, 0.3) is 5.69 Å². The predicted molar refractivity (Wildman–Crippen MR) is 73.7 cm³/mol. The highest BCUT2D eigenvalue weighted by Crippen LogP contribution is 2.38. The molecule has 0 amide bonds. The molecule has 0 bridgehead atoms. The average molecular weight is 280 g/mol. The SMILES string of the molecule is Nc1nc2c(N3CCOCC3)ccc([N+](=O)[O-])c2s1. The van der Waals surface area contributed by atoms with E-state index in [-0.39, 0.29) is 5.69 Å². The summed E-state index contributed by atoms with van der Waals surface area (Å²) in [4.78, 5) is 17.0. The predicted octanol–water partition coefficient (Wildman–Crippen LogP) is 1.62. The summed E-state index contributed by atoms with van der Waals surface area (Å²) in [6.45, 7) is 2.81. The number of fused-ring (bicyclic) bond motifs is 1. The maximum absolute atomic E-state index is 11.0. The van der Waals surface area contributed by atoms with Crippen molar-refractivity contribution in [1.29, 1.82) is 0 Å². The molecule has 0 unspecified atom stereocenters. The Labute approximate surface area is 112 Å². The summed E-state index contributed by atoms with van der Waals surface area (Å²) in [6.07, 6.45) is 0. The van der Waals surface area contributed by atoms with E-state index in [0.29, 0.717) is 28.6 Å². The number of nitrogens with zero attached hydrogens (tertiary/aromatic N) is 3. The fourth-order valence-corrected chi connectivity index (χ4v) is 3.04. The second-order valence-corrected chi connectivity index (χ2v) is 5.22. The third-order valence-corrected chi connectivity index (χ3v) is 3.97. The maximum atomic E-state index is 11.0. The molecule has 1 fully saturated rings. The molecule has 1 aliphatic heterocycles. The Kier molecular flexibility index (Phi) is 2.96. The van der Waals surface area contributed by atoms with Crippen LogP contribution >= 0.6 is 11.3 Å². The van der Waals surface area contributed by atoms with Crippen LogP contribution in [-0.2, 0) is 4.74 Å². The molecule has 2 heterocycles. The summed E-state index contributed by atoms with van der Waals surface area (Å²) < 4.78 is 5.84. The van der Waals surface area contributed by atoms with E-state index in [1.807, 2.05) is 0 Å². The van der Waals surface area contributed by atoms with Gasteiger partial charge < -0.3 is 15.4 Å². The van der Waals surface area contributed by atoms with Gasteiger partial charge in [0.15, 0.2) is 5.13 Å². The van der Waals surface area contributed by atoms with Crippen LogP contribution < -0.4 is 10.6 Å². The Morgan fingerprint density at radius 1 is 1.42 bits per heavy atom. The van der Waals surface area contributed by atoms with Gasteiger partial charge in [-0.15, -0.1) is 0 Å². The molecule has 0 saturated carbocycles. The topological polar surface area (TPSA) is 94.5 Å². The number of nitro benzene ring substituents is 1. The summed E-state index contributed by atoms with van der Waals surface area (Å²) in [5.74, 6) is 0. The first-order valence-electron chi connectivity index (χ1n) is 5.83. The highest BCUT2D eigenvalue weighted by atomic mass is 32.1. The van der Waals surface area contributed by atoms with Gasteiger partial charge in [0.2, 0.25) is 0 Å². The van der Waals surface area contributed by atoms with Crippen LogP contribution in [0, 0.1) is 10.1 Å². The minimum absolute atomic E-state index is 0.0567. The fourth-order valence-electron chi connectivity index (χ4n) is 2.20. The smallest absolute Gasteiger partial charge is 0.288 e. The monoisotopic (exact) mass is 280 g/mol. The number of hydrogen-bond donors (Lipinski definition) is 1. The lowest BCUT2D eigenvalue weighted by Crippen LogP contribution is -2.36. The maximum Gasteiger partial charge on any atom is 0.288 e. The second-order valence-electron chi connectivity index (χ2n) is 4.19. The van der Waals surface area contributed by atoms with Crippen LogP contribution in [0.25, 0.3) is 10.2 Å². The van der Waals surface area contributed by atoms with Crippen molar-refractivity contribution in [1.82, 2.24) is 4.98 Å². The van der Waals surface area contributed by atoms with E-state index in [1.54, 1.807) is 6.07 Å². The molecule has 1 aromatic carbocycles. The number of rotatable bonds is 2. The van der Waals surface area contributed by atoms with Gasteiger partial charge in [0, 0.05) is 19.2 Å². The summed E-state index contributed by atoms with van der Waals surface area (Å²) in [5, 5.41) is 11.4. The number of nitro groups is 1. The molecule has 0 radical (unpaired) electrons. The van der Waals surface area contributed by atoms with E-state index in [1.165, 1.54) is 6.07 Å². The van der Waals surface area contributed by atoms with Gasteiger partial charge in [-0.1, -0.05) is 11.3 Å². The largest absolute Gasteiger partial charge is 0.378 e. The first kappa shape index (κ1) is 12.1. The van der Waals surface area contributed by atoms with Gasteiger partial charge in [0.1, 0.15) is 10.2 Å². The highest BCUT2D eigenvalue weighted by molar-refractivity contribution is 7.22. The van der Waals surface area contributed by atoms with Crippen LogP contribution in [0.5, 0.6) is 0 Å². The van der Waals surface area contributed by atoms with Gasteiger partial charge in [-0.25, -0.2) is 4.98 Å². The highest BCUT2D eigenvalue weighted by Gasteiger charge is 2.22. The second kappa shape index (κ2) is 4.63. The van der Waals surface area contributed by atoms with E-state index in [0.717, 1.165) is 30.1 Å². The Morgan fingerprint density at radius 3 is 2.84 bits per heavy atom. The molecule has 0 aliphatic carbocycles. The summed E-state index contributed by atoms with van der Waals surface area (Å²) >= 11 is 1.15. The third-order valence-electron chi connectivity index (χ3n) is 3.07. The molecule has 19 heavy (non-hydrogen) atoms. The minimum Gasteiger partial charge on any atom is -0.378 e. The number of benzene rings is 1. The van der Waals surface area contributed by atoms with Gasteiger partial charge in [0.05, 0.1) is 23.8 Å². The zero-order chi connectivity index (χ0) is 13.4. The van der Waals surface area contributed by atoms with Crippen molar-refractivity contribution in [2.75, 3.05) is 36.9 Å². The van der Waals surface area contributed by atoms with Crippen LogP contribution in [0.2, 0.25) is 0 Å². The lowest BCUT2D eigenvalue weighted by atomic mass is 10.2. The van der Waals surface area contributed by atoms with E-state index in [9.17, 15) is 10.1 Å². The van der Waals surface area contributed by atoms with Crippen molar-refractivity contribution in [2.45, 2.75) is 0 Å². The van der Waals surface area contributed by atoms with Gasteiger partial charge in [-0.3, -0.25) is 10.1 Å². The zero-order valence-corrected chi connectivity index (χ0v) is 10.9. The van der Waals surface area contributed by atoms with Crippen LogP contribution in [0.3, 0.4) is 0 Å². The summed E-state index contributed by atoms with van der Waals surface area (Å²) in [5.41, 5.74) is 7.25. The Morgan fingerprint density at radius 2 is 2.16 bits per heavy atom. The Bertz CT molecular complexity index is 636. The number of non-ortho nitro benzene ring substituents is 1. The average Bonchev–Trinajstić information content (AvgIpc) is 2.79. The number of nitrogens with two attached hydrogens (primary N) is 1. The lowest BCUT2D eigenvalue weighted by Gasteiger charge is -2.28. The number of morpholine rings is 1. The molecule has 8 heteroatoms. The normalized spacial score (nSPS) is 15.9. The first-order valence-corrected chi connectivity index (χ1v) is 6.64. The van der Waals surface area contributed by atoms with Gasteiger partial charge in [-0.2, -0.15) is 0 Å². The van der Waals surface area contributed by atoms with E-state index in [4.69, 9.17) is 10.5 Å². The van der Waals surface area contributed by atoms with Crippen molar-refractivity contribution in [2.24, 2.45) is 0 Å². The Balaban J connectivity index is 2.15. The molecule has 0 spiro atoms. The van der Waals surface area contributed by atoms with E-state index < -0.39 is 4.92 Å². The zero-order valence-electron chi connectivity index (χ0n) is 10.0. The molecule has 7 nitrogen and oxygen atoms in total. The Hall–Kier alpha value is -1.93. The first-order chi connectivity index (χ1) is 9.16. The molecule has 3 rings (SSSR count). The number of thiazole rings is 1. The summed E-state index contributed by atoms with van der Waals surface area (Å²) in [7, 11) is 0. The quantitative estimate of drug-likeness (QED) is 0.663. The number of aromatic nitrogens is 1. The van der Waals surface area contributed by atoms with Gasteiger partial charge in [-0.05, 0) is 6.07 Å². The van der Waals surface area contributed by atoms with Crippen molar-refractivity contribution in [3.8, 4) is 0 Å². The van der Waals surface area contributed by atoms with E-state index in [2.05, 4.69) is 9.88 Å². The summed E-state index contributed by atoms with van der Waals surface area (Å²) in [6, 6.07) is 3.26. The van der Waals surface area contributed by atoms with Crippen LogP contribution in [0.1, 0.15) is 0 Å². The van der Waals surface area contributed by atoms with Crippen LogP contribution in [0.15, 0.2) is 12.1 Å². The molecule has 100 valence electrons. The van der Waals surface area contributed by atoms with Crippen molar-refractivity contribution in [3.05, 3.63) is 22.2 Å². The molecule has 0 atom stereocenters. The number of anilines is 2. The van der Waals surface area contributed by atoms with Crippen molar-refractivity contribution < 1.29 is 9.66 Å². The van der Waals surface area contributed by atoms with Crippen LogP contribution in [0.4, 0.5) is 16.5 Å². The van der Waals surface area contributed by atoms with Crippen LogP contribution in [-0.4, -0.2) is 36.2 Å². The van der Waals surface area contributed by atoms with Crippen molar-refractivity contribution >= 4 is 38.1 Å². The van der Waals surface area contributed by atoms with Gasteiger partial charge >= 0.3 is 0 Å². The molecule has 2 aromatic rings. The number of nitrogen functional groups attached to an aromatic ring is 1. The van der Waals surface area contributed by atoms with E-state index >= 15 is 0 Å². The van der Waals surface area contributed by atoms with Crippen molar-refractivity contribution in [3.63, 3.8) is 0 Å². The third kappa shape index (κ3) is 2.08. The standard InChI is InChI=1S/C11H12N4O3S/c12-11-13-9-7(14-3-5-18-6-4-14)1-2-8(15(16)17)10(9)19-11/h1-2H,3-6H2,(H2,12,13). The molecule has 1 aromatic heterocycles. The molecular formula is C11H12N4O3S. The molecule has 2 N–H and O–H groups in total. The number of ether oxygens (including phenoxy) is 1. The lowest BCUT2D eigenvalue weighted by molar-refractivity contribution is -0.382. The fraction of sp³-hybridized carbons (Fsp3) is 0.364. The number of hydrogen-bond acceptors (Lipinski definition) is 7.